The molecule has 1 unspecified atom stereocenters. The minimum atomic E-state index is -4.95. The number of piperidine rings is 1. The van der Waals surface area contributed by atoms with Gasteiger partial charge in [-0.1, -0.05) is 6.07 Å². The SMILES string of the molecule is C[C@@H]1CN(CCOc2ccc(N3C(=S)N(c4cnc(C#N)c(C(F)(F)F)c4)C(=O)C3(C)C)cc2C(C)(F)F)C[C@H](C)N1CC(=O)Nc1cccc(NC2CCC(=O)NC2=O)c1. The molecule has 0 radical (unpaired) electrons. The molecule has 20 heteroatoms. The van der Waals surface area contributed by atoms with Crippen molar-refractivity contribution in [2.45, 2.75) is 83.2 Å². The maximum absolute atomic E-state index is 15.2. The van der Waals surface area contributed by atoms with Crippen molar-refractivity contribution in [3.05, 3.63) is 71.5 Å². The molecule has 4 amide bonds. The number of amides is 4. The first kappa shape index (κ1) is 44.8. The van der Waals surface area contributed by atoms with Crippen LogP contribution < -0.4 is 30.5 Å². The Balaban J connectivity index is 1.07. The van der Waals surface area contributed by atoms with Gasteiger partial charge in [0.25, 0.3) is 11.8 Å². The van der Waals surface area contributed by atoms with Gasteiger partial charge < -0.3 is 20.3 Å². The van der Waals surface area contributed by atoms with E-state index >= 15 is 8.78 Å². The van der Waals surface area contributed by atoms with E-state index in [2.05, 4.69) is 30.7 Å². The minimum absolute atomic E-state index is 0.0403. The first-order valence-corrected chi connectivity index (χ1v) is 19.8. The summed E-state index contributed by atoms with van der Waals surface area (Å²) in [7, 11) is 0. The molecule has 3 atom stereocenters. The van der Waals surface area contributed by atoms with Crippen molar-refractivity contribution < 1.29 is 45.9 Å². The van der Waals surface area contributed by atoms with Crippen molar-refractivity contribution in [1.29, 1.82) is 5.26 Å². The van der Waals surface area contributed by atoms with Gasteiger partial charge in [-0.3, -0.25) is 39.2 Å². The Kier molecular flexibility index (Phi) is 12.7. The molecule has 0 aliphatic carbocycles. The maximum atomic E-state index is 15.2. The van der Waals surface area contributed by atoms with Crippen molar-refractivity contribution in [2.24, 2.45) is 0 Å². The number of carbonyl (C=O) groups is 4. The van der Waals surface area contributed by atoms with Crippen LogP contribution in [-0.2, 0) is 31.3 Å². The molecule has 2 aromatic carbocycles. The number of piperazine rings is 1. The summed E-state index contributed by atoms with van der Waals surface area (Å²) in [5.41, 5.74) is -3.37. The first-order valence-electron chi connectivity index (χ1n) is 19.4. The van der Waals surface area contributed by atoms with Crippen molar-refractivity contribution >= 4 is 63.7 Å². The lowest BCUT2D eigenvalue weighted by Gasteiger charge is -2.44. The molecular formula is C41H44F5N9O5S. The van der Waals surface area contributed by atoms with E-state index in [9.17, 15) is 32.3 Å². The fourth-order valence-corrected chi connectivity index (χ4v) is 8.32. The number of aromatic nitrogens is 1. The first-order chi connectivity index (χ1) is 28.6. The number of carbonyl (C=O) groups excluding carboxylic acids is 4. The Hall–Kier alpha value is -5.78. The molecule has 0 bridgehead atoms. The number of pyridine rings is 1. The number of benzene rings is 2. The zero-order chi connectivity index (χ0) is 44.6. The molecule has 0 saturated carbocycles. The van der Waals surface area contributed by atoms with E-state index in [4.69, 9.17) is 22.2 Å². The van der Waals surface area contributed by atoms with Crippen LogP contribution in [-0.4, -0.2) is 100.0 Å². The van der Waals surface area contributed by atoms with Crippen molar-refractivity contribution in [1.82, 2.24) is 20.1 Å². The Morgan fingerprint density at radius 1 is 1.02 bits per heavy atom. The van der Waals surface area contributed by atoms with Gasteiger partial charge in [0.1, 0.15) is 30.0 Å². The van der Waals surface area contributed by atoms with Crippen molar-refractivity contribution in [2.75, 3.05) is 53.2 Å². The van der Waals surface area contributed by atoms with Gasteiger partial charge in [0.15, 0.2) is 10.8 Å². The number of alkyl halides is 5. The average molecular weight is 870 g/mol. The number of rotatable bonds is 12. The Labute approximate surface area is 354 Å². The summed E-state index contributed by atoms with van der Waals surface area (Å²) < 4.78 is 77.6. The maximum Gasteiger partial charge on any atom is 0.419 e. The highest BCUT2D eigenvalue weighted by molar-refractivity contribution is 7.81. The lowest BCUT2D eigenvalue weighted by atomic mass is 10.0. The predicted molar refractivity (Wildman–Crippen MR) is 219 cm³/mol. The van der Waals surface area contributed by atoms with Crippen LogP contribution in [0.25, 0.3) is 0 Å². The smallest absolute Gasteiger partial charge is 0.419 e. The molecule has 3 N–H and O–H groups in total. The van der Waals surface area contributed by atoms with E-state index < -0.39 is 52.3 Å². The van der Waals surface area contributed by atoms with Gasteiger partial charge in [0.2, 0.25) is 17.7 Å². The molecule has 14 nitrogen and oxygen atoms in total. The zero-order valence-corrected chi connectivity index (χ0v) is 34.7. The van der Waals surface area contributed by atoms with E-state index in [0.717, 1.165) is 17.2 Å². The number of ether oxygens (including phenoxy) is 1. The molecule has 3 fully saturated rings. The quantitative estimate of drug-likeness (QED) is 0.117. The second kappa shape index (κ2) is 17.3. The van der Waals surface area contributed by atoms with Crippen molar-refractivity contribution in [3.63, 3.8) is 0 Å². The van der Waals surface area contributed by atoms with Gasteiger partial charge in [-0.05, 0) is 88.8 Å². The standard InChI is InChI=1S/C41H44F5N9O5S/c1-23-20-52(21-24(2)53(23)22-35(57)50-26-8-6-7-25(15-26)49-31-10-12-34(56)51-36(31)58)13-14-60-33-11-9-27(16-30(33)40(5,42)43)55-38(61)54(37(59)39(55,3)4)28-17-29(41(44,45)46)32(18-47)48-19-28/h6-9,11,15-17,19,23-24,31,49H,10,12-14,20-22H2,1-5H3,(H,50,57)(H,51,56,58)/t23-,24+,31?. The molecule has 324 valence electrons. The van der Waals surface area contributed by atoms with Crippen LogP contribution in [0.4, 0.5) is 44.7 Å². The van der Waals surface area contributed by atoms with Crippen LogP contribution in [0.2, 0.25) is 0 Å². The minimum Gasteiger partial charge on any atom is -0.492 e. The molecule has 0 spiro atoms. The van der Waals surface area contributed by atoms with E-state index in [1.165, 1.54) is 36.9 Å². The summed E-state index contributed by atoms with van der Waals surface area (Å²) >= 11 is 5.56. The topological polar surface area (TPSA) is 163 Å². The van der Waals surface area contributed by atoms with Gasteiger partial charge in [-0.2, -0.15) is 18.4 Å². The molecule has 3 aromatic rings. The van der Waals surface area contributed by atoms with Crippen LogP contribution in [0.5, 0.6) is 5.75 Å². The van der Waals surface area contributed by atoms with Gasteiger partial charge in [-0.25, -0.2) is 13.8 Å². The third-order valence-electron chi connectivity index (χ3n) is 10.8. The van der Waals surface area contributed by atoms with Gasteiger partial charge >= 0.3 is 6.18 Å². The number of nitriles is 1. The molecule has 3 aliphatic rings. The highest BCUT2D eigenvalue weighted by Crippen LogP contribution is 2.43. The lowest BCUT2D eigenvalue weighted by molar-refractivity contribution is -0.138. The van der Waals surface area contributed by atoms with Crippen LogP contribution in [0.1, 0.15) is 64.3 Å². The second-order valence-corrected chi connectivity index (χ2v) is 16.2. The average Bonchev–Trinajstić information content (AvgIpc) is 3.35. The molecular weight excluding hydrogens is 826 g/mol. The summed E-state index contributed by atoms with van der Waals surface area (Å²) in [5, 5.41) is 17.2. The molecule has 4 heterocycles. The summed E-state index contributed by atoms with van der Waals surface area (Å²) in [6.45, 7) is 9.23. The number of imide groups is 1. The Morgan fingerprint density at radius 2 is 1.69 bits per heavy atom. The van der Waals surface area contributed by atoms with E-state index in [-0.39, 0.29) is 65.7 Å². The molecule has 61 heavy (non-hydrogen) atoms. The molecule has 6 rings (SSSR count). The number of thiocarbonyl (C=S) groups is 1. The van der Waals surface area contributed by atoms with Gasteiger partial charge in [-0.15, -0.1) is 0 Å². The number of halogens is 5. The van der Waals surface area contributed by atoms with Gasteiger partial charge in [0, 0.05) is 62.1 Å². The second-order valence-electron chi connectivity index (χ2n) is 15.8. The summed E-state index contributed by atoms with van der Waals surface area (Å²) in [6.07, 6.45) is -3.44. The molecule has 3 saturated heterocycles. The summed E-state index contributed by atoms with van der Waals surface area (Å²) in [5.74, 6) is -5.21. The monoisotopic (exact) mass is 869 g/mol. The Bertz CT molecular complexity index is 2270. The summed E-state index contributed by atoms with van der Waals surface area (Å²) in [4.78, 5) is 60.3. The normalized spacial score (nSPS) is 21.3. The van der Waals surface area contributed by atoms with Crippen LogP contribution in [0.3, 0.4) is 0 Å². The van der Waals surface area contributed by atoms with Gasteiger partial charge in [0.05, 0.1) is 29.6 Å². The fourth-order valence-electron chi connectivity index (χ4n) is 7.79. The highest BCUT2D eigenvalue weighted by Gasteiger charge is 2.51. The number of hydrogen-bond donors (Lipinski definition) is 3. The predicted octanol–water partition coefficient (Wildman–Crippen LogP) is 5.63. The third-order valence-corrected chi connectivity index (χ3v) is 11.2. The van der Waals surface area contributed by atoms with Crippen LogP contribution in [0.15, 0.2) is 54.7 Å². The van der Waals surface area contributed by atoms with Crippen LogP contribution >= 0.6 is 12.2 Å². The zero-order valence-electron chi connectivity index (χ0n) is 33.9. The van der Waals surface area contributed by atoms with Crippen LogP contribution in [0, 0.1) is 11.3 Å². The molecule has 1 aromatic heterocycles. The number of anilines is 4. The van der Waals surface area contributed by atoms with E-state index in [0.29, 0.717) is 50.4 Å². The number of nitrogens with one attached hydrogen (secondary N) is 3. The number of nitrogens with zero attached hydrogens (tertiary/aromatic N) is 6. The van der Waals surface area contributed by atoms with Crippen molar-refractivity contribution in [3.8, 4) is 11.8 Å². The Morgan fingerprint density at radius 3 is 2.33 bits per heavy atom. The van der Waals surface area contributed by atoms with E-state index in [1.807, 2.05) is 13.8 Å². The summed E-state index contributed by atoms with van der Waals surface area (Å²) in [6, 6.07) is 12.2. The van der Waals surface area contributed by atoms with E-state index in [1.54, 1.807) is 24.3 Å². The molecule has 3 aliphatic heterocycles. The largest absolute Gasteiger partial charge is 0.492 e. The lowest BCUT2D eigenvalue weighted by Crippen LogP contribution is -2.58. The fraction of sp³-hybridized carbons (Fsp3) is 0.439. The number of hydrogen-bond acceptors (Lipinski definition) is 11. The highest BCUT2D eigenvalue weighted by atomic mass is 32.1. The third kappa shape index (κ3) is 9.74.